The van der Waals surface area contributed by atoms with Crippen molar-refractivity contribution < 1.29 is 9.84 Å². The van der Waals surface area contributed by atoms with Gasteiger partial charge in [-0.15, -0.1) is 0 Å². The summed E-state index contributed by atoms with van der Waals surface area (Å²) in [5.41, 5.74) is 1.15. The van der Waals surface area contributed by atoms with Crippen LogP contribution in [-0.4, -0.2) is 41.8 Å². The molecule has 0 aromatic heterocycles. The molecule has 0 aliphatic carbocycles. The lowest BCUT2D eigenvalue weighted by atomic mass is 10.0. The van der Waals surface area contributed by atoms with Crippen LogP contribution in [0.1, 0.15) is 32.3 Å². The average Bonchev–Trinajstić information content (AvgIpc) is 2.88. The number of rotatable bonds is 7. The molecule has 2 rings (SSSR count). The maximum absolute atomic E-state index is 10.1. The zero-order valence-electron chi connectivity index (χ0n) is 12.7. The van der Waals surface area contributed by atoms with Crippen LogP contribution in [0.15, 0.2) is 30.3 Å². The maximum Gasteiger partial charge on any atom is 0.0900 e. The van der Waals surface area contributed by atoms with Crippen molar-refractivity contribution in [2.45, 2.75) is 45.4 Å². The molecule has 1 aliphatic rings. The molecule has 20 heavy (non-hydrogen) atoms. The second-order valence-electron chi connectivity index (χ2n) is 6.10. The van der Waals surface area contributed by atoms with Gasteiger partial charge in [0, 0.05) is 12.6 Å². The van der Waals surface area contributed by atoms with Gasteiger partial charge < -0.3 is 9.84 Å². The van der Waals surface area contributed by atoms with E-state index in [2.05, 4.69) is 18.7 Å². The van der Waals surface area contributed by atoms with Crippen molar-refractivity contribution in [3.05, 3.63) is 35.9 Å². The van der Waals surface area contributed by atoms with Crippen LogP contribution < -0.4 is 0 Å². The third kappa shape index (κ3) is 4.58. The summed E-state index contributed by atoms with van der Waals surface area (Å²) in [5.74, 6) is 0.662. The minimum absolute atomic E-state index is 0.391. The summed E-state index contributed by atoms with van der Waals surface area (Å²) >= 11 is 0. The summed E-state index contributed by atoms with van der Waals surface area (Å²) in [4.78, 5) is 2.42. The molecule has 0 saturated carbocycles. The Morgan fingerprint density at radius 1 is 1.30 bits per heavy atom. The third-order valence-electron chi connectivity index (χ3n) is 4.05. The first kappa shape index (κ1) is 15.5. The van der Waals surface area contributed by atoms with Crippen molar-refractivity contribution in [1.82, 2.24) is 4.90 Å². The molecule has 1 aromatic carbocycles. The minimum Gasteiger partial charge on any atom is -0.389 e. The largest absolute Gasteiger partial charge is 0.389 e. The summed E-state index contributed by atoms with van der Waals surface area (Å²) in [6, 6.07) is 10.7. The van der Waals surface area contributed by atoms with Crippen LogP contribution >= 0.6 is 0 Å². The number of β-amino-alcohol motifs (C(OH)–C–C–N with tert-alkyl or cyclic N) is 1. The minimum atomic E-state index is -0.391. The van der Waals surface area contributed by atoms with Crippen LogP contribution in [0.2, 0.25) is 0 Å². The topological polar surface area (TPSA) is 32.7 Å². The van der Waals surface area contributed by atoms with E-state index < -0.39 is 6.10 Å². The van der Waals surface area contributed by atoms with Crippen molar-refractivity contribution in [3.63, 3.8) is 0 Å². The summed E-state index contributed by atoms with van der Waals surface area (Å²) < 4.78 is 5.61. The van der Waals surface area contributed by atoms with Crippen LogP contribution in [0.5, 0.6) is 0 Å². The molecule has 1 N–H and O–H groups in total. The molecular formula is C17H27NO2. The first-order valence-corrected chi connectivity index (χ1v) is 7.70. The Bertz CT molecular complexity index is 380. The van der Waals surface area contributed by atoms with Gasteiger partial charge in [-0.05, 0) is 30.9 Å². The highest BCUT2D eigenvalue weighted by molar-refractivity contribution is 5.13. The van der Waals surface area contributed by atoms with Gasteiger partial charge in [0.2, 0.25) is 0 Å². The lowest BCUT2D eigenvalue weighted by molar-refractivity contribution is 0.00496. The van der Waals surface area contributed by atoms with Crippen molar-refractivity contribution in [3.8, 4) is 0 Å². The van der Waals surface area contributed by atoms with Gasteiger partial charge in [0.1, 0.15) is 0 Å². The van der Waals surface area contributed by atoms with E-state index in [0.717, 1.165) is 18.7 Å². The first-order chi connectivity index (χ1) is 9.66. The van der Waals surface area contributed by atoms with Crippen LogP contribution in [0.4, 0.5) is 0 Å². The fourth-order valence-electron chi connectivity index (χ4n) is 3.04. The Balaban J connectivity index is 1.69. The molecule has 1 fully saturated rings. The molecule has 2 unspecified atom stereocenters. The van der Waals surface area contributed by atoms with Crippen LogP contribution in [-0.2, 0) is 11.3 Å². The zero-order chi connectivity index (χ0) is 14.4. The maximum atomic E-state index is 10.1. The highest BCUT2D eigenvalue weighted by Crippen LogP contribution is 2.23. The van der Waals surface area contributed by atoms with Crippen LogP contribution in [0, 0.1) is 5.92 Å². The van der Waals surface area contributed by atoms with E-state index >= 15 is 0 Å². The van der Waals surface area contributed by atoms with E-state index in [0.29, 0.717) is 25.2 Å². The SMILES string of the molecule is CC(C)C1CCCN1CC(O)COCc1ccccc1. The molecule has 112 valence electrons. The van der Waals surface area contributed by atoms with E-state index in [9.17, 15) is 5.11 Å². The van der Waals surface area contributed by atoms with Gasteiger partial charge in [-0.3, -0.25) is 4.90 Å². The second kappa shape index (κ2) is 7.77. The van der Waals surface area contributed by atoms with E-state index in [1.165, 1.54) is 12.8 Å². The highest BCUT2D eigenvalue weighted by Gasteiger charge is 2.28. The number of aliphatic hydroxyl groups excluding tert-OH is 1. The van der Waals surface area contributed by atoms with E-state index in [1.54, 1.807) is 0 Å². The Morgan fingerprint density at radius 3 is 2.75 bits per heavy atom. The molecule has 1 heterocycles. The fourth-order valence-corrected chi connectivity index (χ4v) is 3.04. The van der Waals surface area contributed by atoms with Gasteiger partial charge in [0.15, 0.2) is 0 Å². The van der Waals surface area contributed by atoms with E-state index in [4.69, 9.17) is 4.74 Å². The number of hydrogen-bond acceptors (Lipinski definition) is 3. The van der Waals surface area contributed by atoms with Gasteiger partial charge >= 0.3 is 0 Å². The van der Waals surface area contributed by atoms with Crippen molar-refractivity contribution in [2.24, 2.45) is 5.92 Å². The van der Waals surface area contributed by atoms with E-state index in [1.807, 2.05) is 30.3 Å². The number of likely N-dealkylation sites (tertiary alicyclic amines) is 1. The molecule has 1 aromatic rings. The van der Waals surface area contributed by atoms with Gasteiger partial charge in [0.05, 0.1) is 19.3 Å². The Kier molecular flexibility index (Phi) is 6.02. The number of ether oxygens (including phenoxy) is 1. The second-order valence-corrected chi connectivity index (χ2v) is 6.10. The molecule has 0 bridgehead atoms. The standard InChI is InChI=1S/C17H27NO2/c1-14(2)17-9-6-10-18(17)11-16(19)13-20-12-15-7-4-3-5-8-15/h3-5,7-8,14,16-17,19H,6,9-13H2,1-2H3. The fraction of sp³-hybridized carbons (Fsp3) is 0.647. The summed E-state index contributed by atoms with van der Waals surface area (Å²) in [6.45, 7) is 7.36. The molecule has 1 aliphatic heterocycles. The van der Waals surface area contributed by atoms with Crippen LogP contribution in [0.25, 0.3) is 0 Å². The van der Waals surface area contributed by atoms with Gasteiger partial charge in [0.25, 0.3) is 0 Å². The molecule has 0 amide bonds. The van der Waals surface area contributed by atoms with Gasteiger partial charge in [-0.25, -0.2) is 0 Å². The monoisotopic (exact) mass is 277 g/mol. The molecule has 0 radical (unpaired) electrons. The Labute approximate surface area is 122 Å². The molecule has 3 nitrogen and oxygen atoms in total. The zero-order valence-corrected chi connectivity index (χ0v) is 12.7. The van der Waals surface area contributed by atoms with Crippen molar-refractivity contribution in [1.29, 1.82) is 0 Å². The molecule has 1 saturated heterocycles. The number of benzene rings is 1. The van der Waals surface area contributed by atoms with Crippen molar-refractivity contribution >= 4 is 0 Å². The number of aliphatic hydroxyl groups is 1. The van der Waals surface area contributed by atoms with Gasteiger partial charge in [-0.1, -0.05) is 44.2 Å². The Hall–Kier alpha value is -0.900. The molecule has 3 heteroatoms. The quantitative estimate of drug-likeness (QED) is 0.832. The predicted octanol–water partition coefficient (Wildman–Crippen LogP) is 2.68. The van der Waals surface area contributed by atoms with E-state index in [-0.39, 0.29) is 0 Å². The normalized spacial score (nSPS) is 21.5. The third-order valence-corrected chi connectivity index (χ3v) is 4.05. The summed E-state index contributed by atoms with van der Waals surface area (Å²) in [6.07, 6.45) is 2.12. The smallest absolute Gasteiger partial charge is 0.0900 e. The first-order valence-electron chi connectivity index (χ1n) is 7.70. The predicted molar refractivity (Wildman–Crippen MR) is 81.5 cm³/mol. The summed E-state index contributed by atoms with van der Waals surface area (Å²) in [5, 5.41) is 10.1. The molecule has 2 atom stereocenters. The lowest BCUT2D eigenvalue weighted by Crippen LogP contribution is -2.40. The van der Waals surface area contributed by atoms with Crippen molar-refractivity contribution in [2.75, 3.05) is 19.7 Å². The van der Waals surface area contributed by atoms with Gasteiger partial charge in [-0.2, -0.15) is 0 Å². The summed E-state index contributed by atoms with van der Waals surface area (Å²) in [7, 11) is 0. The lowest BCUT2D eigenvalue weighted by Gasteiger charge is -2.29. The highest BCUT2D eigenvalue weighted by atomic mass is 16.5. The van der Waals surface area contributed by atoms with Crippen LogP contribution in [0.3, 0.4) is 0 Å². The molecular weight excluding hydrogens is 250 g/mol. The Morgan fingerprint density at radius 2 is 2.05 bits per heavy atom. The number of nitrogens with zero attached hydrogens (tertiary/aromatic N) is 1. The molecule has 0 spiro atoms. The average molecular weight is 277 g/mol. The number of hydrogen-bond donors (Lipinski definition) is 1.